The molecule has 94 valence electrons. The highest BCUT2D eigenvalue weighted by atomic mass is 32.2. The molecule has 0 aliphatic carbocycles. The van der Waals surface area contributed by atoms with Crippen LogP contribution in [0.1, 0.15) is 12.5 Å². The van der Waals surface area contributed by atoms with E-state index < -0.39 is 0 Å². The number of hydrogen-bond donors (Lipinski definition) is 1. The lowest BCUT2D eigenvalue weighted by Crippen LogP contribution is -2.40. The lowest BCUT2D eigenvalue weighted by atomic mass is 10.1. The number of hydrogen-bond acceptors (Lipinski definition) is 3. The Bertz CT molecular complexity index is 384. The number of benzene rings is 1. The summed E-state index contributed by atoms with van der Waals surface area (Å²) in [6.45, 7) is 3.76. The number of nitrogens with zero attached hydrogens (tertiary/aromatic N) is 1. The molecule has 1 aromatic rings. The molecule has 2 nitrogen and oxygen atoms in total. The Balaban J connectivity index is 2.24. The molecule has 1 heterocycles. The van der Waals surface area contributed by atoms with E-state index in [1.807, 2.05) is 11.8 Å². The van der Waals surface area contributed by atoms with E-state index in [0.29, 0.717) is 12.6 Å². The average molecular weight is 254 g/mol. The molecule has 0 radical (unpaired) electrons. The van der Waals surface area contributed by atoms with Crippen molar-refractivity contribution in [3.05, 3.63) is 29.6 Å². The molecule has 1 aromatic carbocycles. The van der Waals surface area contributed by atoms with Gasteiger partial charge in [-0.15, -0.1) is 0 Å². The van der Waals surface area contributed by atoms with E-state index in [0.717, 1.165) is 35.7 Å². The van der Waals surface area contributed by atoms with Crippen molar-refractivity contribution >= 4 is 17.4 Å². The van der Waals surface area contributed by atoms with Crippen LogP contribution in [-0.2, 0) is 6.42 Å². The smallest absolute Gasteiger partial charge is 0.125 e. The largest absolute Gasteiger partial charge is 0.367 e. The first kappa shape index (κ1) is 12.7. The predicted octanol–water partition coefficient (Wildman–Crippen LogP) is 2.27. The van der Waals surface area contributed by atoms with E-state index >= 15 is 0 Å². The fraction of sp³-hybridized carbons (Fsp3) is 0.538. The zero-order valence-electron chi connectivity index (χ0n) is 10.2. The first-order valence-electron chi connectivity index (χ1n) is 6.04. The van der Waals surface area contributed by atoms with Crippen LogP contribution >= 0.6 is 11.8 Å². The van der Waals surface area contributed by atoms with Crippen LogP contribution in [-0.4, -0.2) is 30.6 Å². The van der Waals surface area contributed by atoms with E-state index in [-0.39, 0.29) is 5.82 Å². The number of anilines is 1. The quantitative estimate of drug-likeness (QED) is 0.897. The summed E-state index contributed by atoms with van der Waals surface area (Å²) < 4.78 is 13.6. The lowest BCUT2D eigenvalue weighted by molar-refractivity contribution is 0.621. The Labute approximate surface area is 106 Å². The van der Waals surface area contributed by atoms with Crippen LogP contribution in [0, 0.1) is 5.82 Å². The Kier molecular flexibility index (Phi) is 4.29. The Morgan fingerprint density at radius 2 is 2.29 bits per heavy atom. The van der Waals surface area contributed by atoms with Gasteiger partial charge in [0.1, 0.15) is 5.82 Å². The van der Waals surface area contributed by atoms with Gasteiger partial charge in [0.25, 0.3) is 0 Å². The van der Waals surface area contributed by atoms with Gasteiger partial charge in [0.15, 0.2) is 0 Å². The van der Waals surface area contributed by atoms with Crippen molar-refractivity contribution in [2.45, 2.75) is 19.4 Å². The van der Waals surface area contributed by atoms with Crippen LogP contribution < -0.4 is 10.6 Å². The van der Waals surface area contributed by atoms with E-state index in [2.05, 4.69) is 17.9 Å². The summed E-state index contributed by atoms with van der Waals surface area (Å²) in [7, 11) is 0. The normalized spacial score (nSPS) is 20.6. The fourth-order valence-electron chi connectivity index (χ4n) is 2.22. The number of nitrogens with two attached hydrogens (primary N) is 1. The van der Waals surface area contributed by atoms with Crippen molar-refractivity contribution in [2.24, 2.45) is 5.73 Å². The monoisotopic (exact) mass is 254 g/mol. The maximum atomic E-state index is 13.6. The Morgan fingerprint density at radius 1 is 1.47 bits per heavy atom. The SMILES string of the molecule is CC1CSCCN1c1cc(F)cc(CCN)c1. The summed E-state index contributed by atoms with van der Waals surface area (Å²) in [5, 5.41) is 0. The highest BCUT2D eigenvalue weighted by molar-refractivity contribution is 7.99. The molecule has 1 aliphatic heterocycles. The second kappa shape index (κ2) is 5.74. The van der Waals surface area contributed by atoms with Crippen LogP contribution in [0.2, 0.25) is 0 Å². The minimum Gasteiger partial charge on any atom is -0.367 e. The molecule has 1 unspecified atom stereocenters. The van der Waals surface area contributed by atoms with Gasteiger partial charge in [-0.25, -0.2) is 4.39 Å². The maximum Gasteiger partial charge on any atom is 0.125 e. The Morgan fingerprint density at radius 3 is 3.00 bits per heavy atom. The van der Waals surface area contributed by atoms with Crippen LogP contribution in [0.5, 0.6) is 0 Å². The predicted molar refractivity (Wildman–Crippen MR) is 73.3 cm³/mol. The third-order valence-electron chi connectivity index (χ3n) is 3.07. The third-order valence-corrected chi connectivity index (χ3v) is 4.26. The summed E-state index contributed by atoms with van der Waals surface area (Å²) in [5.41, 5.74) is 7.52. The summed E-state index contributed by atoms with van der Waals surface area (Å²) in [5.74, 6) is 2.08. The first-order chi connectivity index (χ1) is 8.20. The lowest BCUT2D eigenvalue weighted by Gasteiger charge is -2.35. The molecular weight excluding hydrogens is 235 g/mol. The summed E-state index contributed by atoms with van der Waals surface area (Å²) >= 11 is 1.96. The number of thioether (sulfide) groups is 1. The van der Waals surface area contributed by atoms with E-state index in [4.69, 9.17) is 5.73 Å². The van der Waals surface area contributed by atoms with Gasteiger partial charge in [-0.3, -0.25) is 0 Å². The van der Waals surface area contributed by atoms with Gasteiger partial charge >= 0.3 is 0 Å². The van der Waals surface area contributed by atoms with Crippen LogP contribution in [0.3, 0.4) is 0 Å². The van der Waals surface area contributed by atoms with E-state index in [1.54, 1.807) is 12.1 Å². The van der Waals surface area contributed by atoms with Gasteiger partial charge < -0.3 is 10.6 Å². The van der Waals surface area contributed by atoms with Crippen molar-refractivity contribution in [2.75, 3.05) is 29.5 Å². The van der Waals surface area contributed by atoms with E-state index in [9.17, 15) is 4.39 Å². The standard InChI is InChI=1S/C13H19FN2S/c1-10-9-17-5-4-16(10)13-7-11(2-3-15)6-12(14)8-13/h6-8,10H,2-5,9,15H2,1H3. The minimum atomic E-state index is -0.156. The van der Waals surface area contributed by atoms with Crippen molar-refractivity contribution in [1.29, 1.82) is 0 Å². The summed E-state index contributed by atoms with van der Waals surface area (Å²) in [4.78, 5) is 2.29. The van der Waals surface area contributed by atoms with E-state index in [1.165, 1.54) is 0 Å². The molecule has 0 amide bonds. The molecule has 1 saturated heterocycles. The molecular formula is C13H19FN2S. The van der Waals surface area contributed by atoms with Crippen molar-refractivity contribution < 1.29 is 4.39 Å². The van der Waals surface area contributed by atoms with Crippen LogP contribution in [0.15, 0.2) is 18.2 Å². The highest BCUT2D eigenvalue weighted by Crippen LogP contribution is 2.25. The maximum absolute atomic E-state index is 13.6. The van der Waals surface area contributed by atoms with Gasteiger partial charge in [0.05, 0.1) is 0 Å². The second-order valence-electron chi connectivity index (χ2n) is 4.47. The molecule has 0 spiro atoms. The first-order valence-corrected chi connectivity index (χ1v) is 7.20. The third kappa shape index (κ3) is 3.13. The molecule has 0 saturated carbocycles. The van der Waals surface area contributed by atoms with Gasteiger partial charge in [0, 0.05) is 29.8 Å². The van der Waals surface area contributed by atoms with Crippen LogP contribution in [0.25, 0.3) is 0 Å². The molecule has 1 aliphatic rings. The summed E-state index contributed by atoms with van der Waals surface area (Å²) in [6.07, 6.45) is 0.738. The number of halogens is 1. The van der Waals surface area contributed by atoms with Crippen molar-refractivity contribution in [3.63, 3.8) is 0 Å². The molecule has 0 bridgehead atoms. The molecule has 17 heavy (non-hydrogen) atoms. The molecule has 0 aromatic heterocycles. The van der Waals surface area contributed by atoms with Gasteiger partial charge in [-0.1, -0.05) is 0 Å². The van der Waals surface area contributed by atoms with Crippen molar-refractivity contribution in [1.82, 2.24) is 0 Å². The molecule has 2 N–H and O–H groups in total. The zero-order chi connectivity index (χ0) is 12.3. The second-order valence-corrected chi connectivity index (χ2v) is 5.62. The zero-order valence-corrected chi connectivity index (χ0v) is 11.0. The molecule has 2 rings (SSSR count). The highest BCUT2D eigenvalue weighted by Gasteiger charge is 2.19. The average Bonchev–Trinajstić information content (AvgIpc) is 2.29. The van der Waals surface area contributed by atoms with Gasteiger partial charge in [-0.05, 0) is 43.7 Å². The fourth-order valence-corrected chi connectivity index (χ4v) is 3.23. The molecule has 1 atom stereocenters. The molecule has 1 fully saturated rings. The topological polar surface area (TPSA) is 29.3 Å². The number of rotatable bonds is 3. The Hall–Kier alpha value is -0.740. The molecule has 4 heteroatoms. The summed E-state index contributed by atoms with van der Waals surface area (Å²) in [6, 6.07) is 5.76. The minimum absolute atomic E-state index is 0.156. The van der Waals surface area contributed by atoms with Crippen molar-refractivity contribution in [3.8, 4) is 0 Å². The van der Waals surface area contributed by atoms with Gasteiger partial charge in [-0.2, -0.15) is 11.8 Å². The van der Waals surface area contributed by atoms with Gasteiger partial charge in [0.2, 0.25) is 0 Å². The van der Waals surface area contributed by atoms with Crippen LogP contribution in [0.4, 0.5) is 10.1 Å².